The molecule has 2 aromatic rings. The first-order valence-corrected chi connectivity index (χ1v) is 3.62. The zero-order chi connectivity index (χ0) is 7.84. The zero-order valence-electron chi connectivity index (χ0n) is 6.39. The Bertz CT molecular complexity index is 387. The maximum atomic E-state index is 5.70. The molecule has 0 fully saturated rings. The van der Waals surface area contributed by atoms with E-state index in [1.807, 2.05) is 25.1 Å². The lowest BCUT2D eigenvalue weighted by atomic mass is 10.2. The average Bonchev–Trinajstić information content (AvgIpc) is 2.30. The fourth-order valence-electron chi connectivity index (χ4n) is 1.30. The highest BCUT2D eigenvalue weighted by Gasteiger charge is 2.01. The van der Waals surface area contributed by atoms with Crippen LogP contribution >= 0.6 is 0 Å². The van der Waals surface area contributed by atoms with Gasteiger partial charge in [-0.15, -0.1) is 0 Å². The number of hydrogen-bond acceptors (Lipinski definition) is 1. The van der Waals surface area contributed by atoms with Gasteiger partial charge in [0.05, 0.1) is 0 Å². The van der Waals surface area contributed by atoms with Crippen molar-refractivity contribution < 1.29 is 0 Å². The Balaban J connectivity index is 2.92. The second-order valence-electron chi connectivity index (χ2n) is 2.71. The molecule has 1 heterocycles. The molecule has 0 bridgehead atoms. The molecular weight excluding hydrogens is 136 g/mol. The van der Waals surface area contributed by atoms with Gasteiger partial charge in [0.2, 0.25) is 0 Å². The number of aromatic nitrogens is 1. The molecule has 0 spiro atoms. The van der Waals surface area contributed by atoms with Crippen LogP contribution in [0.1, 0.15) is 5.56 Å². The summed E-state index contributed by atoms with van der Waals surface area (Å²) in [5, 5.41) is 1.21. The Hall–Kier alpha value is -1.44. The van der Waals surface area contributed by atoms with Crippen molar-refractivity contribution in [2.75, 3.05) is 5.73 Å². The minimum Gasteiger partial charge on any atom is -0.385 e. The van der Waals surface area contributed by atoms with Gasteiger partial charge in [-0.1, -0.05) is 18.2 Å². The maximum absolute atomic E-state index is 5.70. The third-order valence-electron chi connectivity index (χ3n) is 2.00. The lowest BCUT2D eigenvalue weighted by Gasteiger charge is -1.87. The van der Waals surface area contributed by atoms with Gasteiger partial charge < -0.3 is 10.7 Å². The summed E-state index contributed by atoms with van der Waals surface area (Å²) in [7, 11) is 0. The first kappa shape index (κ1) is 6.28. The first-order chi connectivity index (χ1) is 5.29. The second kappa shape index (κ2) is 2.02. The van der Waals surface area contributed by atoms with E-state index in [-0.39, 0.29) is 0 Å². The lowest BCUT2D eigenvalue weighted by Crippen LogP contribution is -1.84. The molecule has 0 atom stereocenters. The van der Waals surface area contributed by atoms with Gasteiger partial charge in [-0.2, -0.15) is 0 Å². The molecule has 3 N–H and O–H groups in total. The summed E-state index contributed by atoms with van der Waals surface area (Å²) >= 11 is 0. The second-order valence-corrected chi connectivity index (χ2v) is 2.71. The predicted molar refractivity (Wildman–Crippen MR) is 47.4 cm³/mol. The van der Waals surface area contributed by atoms with E-state index < -0.39 is 0 Å². The van der Waals surface area contributed by atoms with Crippen LogP contribution in [-0.2, 0) is 0 Å². The van der Waals surface area contributed by atoms with Gasteiger partial charge in [0.1, 0.15) is 5.82 Å². The molecule has 0 unspecified atom stereocenters. The molecule has 2 rings (SSSR count). The number of para-hydroxylation sites is 1. The van der Waals surface area contributed by atoms with E-state index in [2.05, 4.69) is 11.1 Å². The summed E-state index contributed by atoms with van der Waals surface area (Å²) in [6, 6.07) is 8.11. The third kappa shape index (κ3) is 0.792. The number of aryl methyl sites for hydroxylation is 1. The molecule has 0 amide bonds. The van der Waals surface area contributed by atoms with Crippen LogP contribution in [0.4, 0.5) is 5.82 Å². The summed E-state index contributed by atoms with van der Waals surface area (Å²) in [5.41, 5.74) is 7.95. The van der Waals surface area contributed by atoms with E-state index >= 15 is 0 Å². The van der Waals surface area contributed by atoms with Crippen LogP contribution in [0, 0.1) is 6.92 Å². The number of rotatable bonds is 0. The lowest BCUT2D eigenvalue weighted by molar-refractivity contribution is 1.43. The molecule has 0 saturated carbocycles. The van der Waals surface area contributed by atoms with E-state index in [1.54, 1.807) is 0 Å². The molecule has 0 radical (unpaired) electrons. The van der Waals surface area contributed by atoms with Crippen molar-refractivity contribution in [3.05, 3.63) is 29.8 Å². The van der Waals surface area contributed by atoms with Crippen LogP contribution in [0.5, 0.6) is 0 Å². The normalized spacial score (nSPS) is 10.6. The highest BCUT2D eigenvalue weighted by Crippen LogP contribution is 2.21. The Labute approximate surface area is 65.0 Å². The Morgan fingerprint density at radius 3 is 2.73 bits per heavy atom. The number of fused-ring (bicyclic) bond motifs is 1. The zero-order valence-corrected chi connectivity index (χ0v) is 6.39. The Kier molecular flexibility index (Phi) is 1.15. The van der Waals surface area contributed by atoms with Gasteiger partial charge in [0.25, 0.3) is 0 Å². The van der Waals surface area contributed by atoms with E-state index in [9.17, 15) is 0 Å². The summed E-state index contributed by atoms with van der Waals surface area (Å²) < 4.78 is 0. The molecular formula is C9H10N2. The highest BCUT2D eigenvalue weighted by atomic mass is 14.8. The van der Waals surface area contributed by atoms with Crippen molar-refractivity contribution in [2.24, 2.45) is 0 Å². The van der Waals surface area contributed by atoms with Crippen LogP contribution in [0.2, 0.25) is 0 Å². The fourth-order valence-corrected chi connectivity index (χ4v) is 1.30. The molecule has 2 nitrogen and oxygen atoms in total. The van der Waals surface area contributed by atoms with Crippen molar-refractivity contribution in [3.63, 3.8) is 0 Å². The molecule has 56 valence electrons. The Morgan fingerprint density at radius 2 is 2.00 bits per heavy atom. The smallest absolute Gasteiger partial charge is 0.104 e. The number of nitrogens with one attached hydrogen (secondary N) is 1. The van der Waals surface area contributed by atoms with Gasteiger partial charge in [0, 0.05) is 10.9 Å². The molecule has 0 aliphatic rings. The number of benzene rings is 1. The fraction of sp³-hybridized carbons (Fsp3) is 0.111. The maximum Gasteiger partial charge on any atom is 0.104 e. The Morgan fingerprint density at radius 1 is 1.27 bits per heavy atom. The molecule has 0 aliphatic carbocycles. The molecule has 0 aliphatic heterocycles. The van der Waals surface area contributed by atoms with Crippen molar-refractivity contribution in [3.8, 4) is 0 Å². The number of nitrogen functional groups attached to an aromatic ring is 1. The average molecular weight is 146 g/mol. The number of hydrogen-bond donors (Lipinski definition) is 2. The van der Waals surface area contributed by atoms with Gasteiger partial charge >= 0.3 is 0 Å². The molecule has 0 saturated heterocycles. The number of aromatic amines is 1. The number of nitrogens with two attached hydrogens (primary N) is 1. The predicted octanol–water partition coefficient (Wildman–Crippen LogP) is 2.06. The van der Waals surface area contributed by atoms with E-state index in [0.29, 0.717) is 0 Å². The highest BCUT2D eigenvalue weighted by molar-refractivity contribution is 5.87. The molecule has 1 aromatic heterocycles. The third-order valence-corrected chi connectivity index (χ3v) is 2.00. The van der Waals surface area contributed by atoms with Gasteiger partial charge in [-0.05, 0) is 18.6 Å². The van der Waals surface area contributed by atoms with Gasteiger partial charge in [0.15, 0.2) is 0 Å². The minimum absolute atomic E-state index is 0.770. The van der Waals surface area contributed by atoms with Crippen LogP contribution in [0.25, 0.3) is 10.9 Å². The number of H-pyrrole nitrogens is 1. The summed E-state index contributed by atoms with van der Waals surface area (Å²) in [6.45, 7) is 2.02. The van der Waals surface area contributed by atoms with Gasteiger partial charge in [-0.25, -0.2) is 0 Å². The van der Waals surface area contributed by atoms with Crippen molar-refractivity contribution >= 4 is 16.7 Å². The van der Waals surface area contributed by atoms with E-state index in [1.165, 1.54) is 5.39 Å². The van der Waals surface area contributed by atoms with Gasteiger partial charge in [-0.3, -0.25) is 0 Å². The quantitative estimate of drug-likeness (QED) is 0.587. The van der Waals surface area contributed by atoms with Crippen LogP contribution in [0.3, 0.4) is 0 Å². The largest absolute Gasteiger partial charge is 0.385 e. The molecule has 1 aromatic carbocycles. The van der Waals surface area contributed by atoms with Crippen LogP contribution in [-0.4, -0.2) is 4.98 Å². The topological polar surface area (TPSA) is 41.8 Å². The SMILES string of the molecule is Cc1c(N)[nH]c2ccccc12. The van der Waals surface area contributed by atoms with Crippen molar-refractivity contribution in [2.45, 2.75) is 6.92 Å². The number of anilines is 1. The minimum atomic E-state index is 0.770. The van der Waals surface area contributed by atoms with Crippen LogP contribution < -0.4 is 5.73 Å². The van der Waals surface area contributed by atoms with E-state index in [4.69, 9.17) is 5.73 Å². The molecule has 2 heteroatoms. The standard InChI is InChI=1S/C9H10N2/c1-6-7-4-2-3-5-8(7)11-9(6)10/h2-5,11H,10H2,1H3. The summed E-state index contributed by atoms with van der Waals surface area (Å²) in [4.78, 5) is 3.10. The van der Waals surface area contributed by atoms with Crippen molar-refractivity contribution in [1.82, 2.24) is 4.98 Å². The molecule has 11 heavy (non-hydrogen) atoms. The van der Waals surface area contributed by atoms with Crippen molar-refractivity contribution in [1.29, 1.82) is 0 Å². The summed E-state index contributed by atoms with van der Waals surface area (Å²) in [5.74, 6) is 0.770. The van der Waals surface area contributed by atoms with Crippen LogP contribution in [0.15, 0.2) is 24.3 Å². The van der Waals surface area contributed by atoms with E-state index in [0.717, 1.165) is 16.9 Å². The first-order valence-electron chi connectivity index (χ1n) is 3.62. The monoisotopic (exact) mass is 146 g/mol. The summed E-state index contributed by atoms with van der Waals surface area (Å²) in [6.07, 6.45) is 0.